The molecule has 1 aliphatic rings. The zero-order valence-corrected chi connectivity index (χ0v) is 15.9. The second-order valence-corrected chi connectivity index (χ2v) is 6.73. The molecule has 144 valence electrons. The molecule has 6 nitrogen and oxygen atoms in total. The zero-order chi connectivity index (χ0) is 19.1. The third-order valence-electron chi connectivity index (χ3n) is 4.67. The summed E-state index contributed by atoms with van der Waals surface area (Å²) >= 11 is 0. The Morgan fingerprint density at radius 3 is 2.41 bits per heavy atom. The summed E-state index contributed by atoms with van der Waals surface area (Å²) in [7, 11) is 4.05. The Labute approximate surface area is 160 Å². The van der Waals surface area contributed by atoms with Crippen LogP contribution in [0.5, 0.6) is 5.75 Å². The molecular formula is C21H27N3O3. The van der Waals surface area contributed by atoms with Crippen molar-refractivity contribution < 1.29 is 14.3 Å². The first-order valence-electron chi connectivity index (χ1n) is 9.23. The molecule has 27 heavy (non-hydrogen) atoms. The third-order valence-corrected chi connectivity index (χ3v) is 4.67. The maximum Gasteiger partial charge on any atom is 0.412 e. The summed E-state index contributed by atoms with van der Waals surface area (Å²) in [6.07, 6.45) is -0.440. The Bertz CT molecular complexity index is 713. The van der Waals surface area contributed by atoms with Crippen LogP contribution < -0.4 is 15.0 Å². The van der Waals surface area contributed by atoms with E-state index in [1.165, 1.54) is 5.56 Å². The van der Waals surface area contributed by atoms with E-state index in [1.807, 2.05) is 32.3 Å². The molecule has 0 aliphatic carbocycles. The van der Waals surface area contributed by atoms with E-state index < -0.39 is 6.09 Å². The number of para-hydroxylation sites is 1. The first-order valence-corrected chi connectivity index (χ1v) is 9.23. The lowest BCUT2D eigenvalue weighted by Crippen LogP contribution is -2.44. The smallest absolute Gasteiger partial charge is 0.410 e. The van der Waals surface area contributed by atoms with Gasteiger partial charge in [0.25, 0.3) is 0 Å². The molecule has 2 aromatic carbocycles. The minimum Gasteiger partial charge on any atom is -0.410 e. The highest BCUT2D eigenvalue weighted by Gasteiger charge is 2.23. The molecule has 1 saturated heterocycles. The molecule has 0 spiro atoms. The number of amides is 1. The molecule has 6 heteroatoms. The zero-order valence-electron chi connectivity index (χ0n) is 15.9. The molecule has 0 aromatic heterocycles. The first kappa shape index (κ1) is 19.2. The molecule has 3 rings (SSSR count). The van der Waals surface area contributed by atoms with Gasteiger partial charge in [0.2, 0.25) is 0 Å². The van der Waals surface area contributed by atoms with Gasteiger partial charge in [0, 0.05) is 39.4 Å². The molecular weight excluding hydrogens is 342 g/mol. The van der Waals surface area contributed by atoms with Crippen molar-refractivity contribution in [2.45, 2.75) is 6.04 Å². The molecule has 0 saturated carbocycles. The highest BCUT2D eigenvalue weighted by Crippen LogP contribution is 2.24. The van der Waals surface area contributed by atoms with Gasteiger partial charge in [-0.2, -0.15) is 0 Å². The fourth-order valence-corrected chi connectivity index (χ4v) is 3.15. The predicted molar refractivity (Wildman–Crippen MR) is 106 cm³/mol. The predicted octanol–water partition coefficient (Wildman–Crippen LogP) is 2.91. The highest BCUT2D eigenvalue weighted by molar-refractivity contribution is 5.70. The fraction of sp³-hybridized carbons (Fsp3) is 0.381. The summed E-state index contributed by atoms with van der Waals surface area (Å²) in [4.78, 5) is 16.6. The number of morpholine rings is 1. The van der Waals surface area contributed by atoms with E-state index in [2.05, 4.69) is 39.4 Å². The van der Waals surface area contributed by atoms with Crippen molar-refractivity contribution in [1.29, 1.82) is 0 Å². The van der Waals surface area contributed by atoms with Crippen LogP contribution >= 0.6 is 0 Å². The van der Waals surface area contributed by atoms with Crippen molar-refractivity contribution >= 4 is 11.8 Å². The molecule has 1 amide bonds. The lowest BCUT2D eigenvalue weighted by molar-refractivity contribution is 0.0164. The number of rotatable bonds is 6. The van der Waals surface area contributed by atoms with Gasteiger partial charge in [-0.1, -0.05) is 30.3 Å². The van der Waals surface area contributed by atoms with E-state index in [4.69, 9.17) is 9.47 Å². The van der Waals surface area contributed by atoms with Crippen LogP contribution in [-0.4, -0.2) is 57.9 Å². The molecule has 1 atom stereocenters. The van der Waals surface area contributed by atoms with Gasteiger partial charge in [-0.05, 0) is 29.8 Å². The van der Waals surface area contributed by atoms with Gasteiger partial charge in [-0.15, -0.1) is 0 Å². The number of carbonyl (C=O) groups excluding carboxylic acids is 1. The Morgan fingerprint density at radius 2 is 1.78 bits per heavy atom. The van der Waals surface area contributed by atoms with Crippen molar-refractivity contribution in [3.63, 3.8) is 0 Å². The maximum absolute atomic E-state index is 12.2. The summed E-state index contributed by atoms with van der Waals surface area (Å²) in [6, 6.07) is 17.6. The molecule has 1 fully saturated rings. The van der Waals surface area contributed by atoms with Crippen LogP contribution in [0.15, 0.2) is 54.6 Å². The SMILES string of the molecule is CN(C)c1ccc(C(CNC(=O)Oc2ccccc2)N2CCOCC2)cc1. The van der Waals surface area contributed by atoms with Gasteiger partial charge in [0.15, 0.2) is 0 Å². The van der Waals surface area contributed by atoms with E-state index in [-0.39, 0.29) is 6.04 Å². The van der Waals surface area contributed by atoms with Crippen molar-refractivity contribution in [3.8, 4) is 5.75 Å². The van der Waals surface area contributed by atoms with E-state index in [0.717, 1.165) is 18.8 Å². The van der Waals surface area contributed by atoms with E-state index >= 15 is 0 Å². The Morgan fingerprint density at radius 1 is 1.11 bits per heavy atom. The highest BCUT2D eigenvalue weighted by atomic mass is 16.6. The Hall–Kier alpha value is -2.57. The van der Waals surface area contributed by atoms with Crippen molar-refractivity contribution in [3.05, 3.63) is 60.2 Å². The molecule has 1 heterocycles. The average Bonchev–Trinajstić information content (AvgIpc) is 2.70. The number of hydrogen-bond donors (Lipinski definition) is 1. The molecule has 0 bridgehead atoms. The largest absolute Gasteiger partial charge is 0.412 e. The van der Waals surface area contributed by atoms with Gasteiger partial charge in [-0.3, -0.25) is 4.90 Å². The van der Waals surface area contributed by atoms with E-state index in [0.29, 0.717) is 25.5 Å². The second kappa shape index (κ2) is 9.39. The maximum atomic E-state index is 12.2. The van der Waals surface area contributed by atoms with Crippen LogP contribution in [0.3, 0.4) is 0 Å². The topological polar surface area (TPSA) is 54.0 Å². The molecule has 2 aromatic rings. The number of hydrogen-bond acceptors (Lipinski definition) is 5. The normalized spacial score (nSPS) is 15.8. The van der Waals surface area contributed by atoms with E-state index in [9.17, 15) is 4.79 Å². The Kier molecular flexibility index (Phi) is 6.68. The monoisotopic (exact) mass is 369 g/mol. The minimum atomic E-state index is -0.440. The van der Waals surface area contributed by atoms with Gasteiger partial charge in [-0.25, -0.2) is 4.79 Å². The van der Waals surface area contributed by atoms with Gasteiger partial charge in [0.1, 0.15) is 5.75 Å². The van der Waals surface area contributed by atoms with Gasteiger partial charge >= 0.3 is 6.09 Å². The van der Waals surface area contributed by atoms with Crippen LogP contribution in [0.2, 0.25) is 0 Å². The molecule has 0 radical (unpaired) electrons. The molecule has 1 N–H and O–H groups in total. The summed E-state index contributed by atoms with van der Waals surface area (Å²) in [5.41, 5.74) is 2.32. The number of nitrogens with one attached hydrogen (secondary N) is 1. The van der Waals surface area contributed by atoms with Crippen LogP contribution in [0.1, 0.15) is 11.6 Å². The third kappa shape index (κ3) is 5.45. The number of ether oxygens (including phenoxy) is 2. The van der Waals surface area contributed by atoms with Crippen LogP contribution in [-0.2, 0) is 4.74 Å². The van der Waals surface area contributed by atoms with Crippen molar-refractivity contribution in [2.24, 2.45) is 0 Å². The Balaban J connectivity index is 1.67. The quantitative estimate of drug-likeness (QED) is 0.849. The van der Waals surface area contributed by atoms with Gasteiger partial charge < -0.3 is 19.7 Å². The number of anilines is 1. The fourth-order valence-electron chi connectivity index (χ4n) is 3.15. The van der Waals surface area contributed by atoms with Crippen LogP contribution in [0.25, 0.3) is 0 Å². The average molecular weight is 369 g/mol. The van der Waals surface area contributed by atoms with E-state index in [1.54, 1.807) is 12.1 Å². The number of benzene rings is 2. The lowest BCUT2D eigenvalue weighted by atomic mass is 10.0. The second-order valence-electron chi connectivity index (χ2n) is 6.73. The molecule has 1 aliphatic heterocycles. The van der Waals surface area contributed by atoms with Gasteiger partial charge in [0.05, 0.1) is 19.3 Å². The minimum absolute atomic E-state index is 0.0773. The summed E-state index contributed by atoms with van der Waals surface area (Å²) in [6.45, 7) is 3.58. The lowest BCUT2D eigenvalue weighted by Gasteiger charge is -2.35. The summed E-state index contributed by atoms with van der Waals surface area (Å²) in [5.74, 6) is 0.535. The molecule has 1 unspecified atom stereocenters. The summed E-state index contributed by atoms with van der Waals surface area (Å²) in [5, 5.41) is 2.91. The van der Waals surface area contributed by atoms with Crippen LogP contribution in [0, 0.1) is 0 Å². The first-order chi connectivity index (χ1) is 13.1. The number of carbonyl (C=O) groups is 1. The standard InChI is InChI=1S/C21H27N3O3/c1-23(2)18-10-8-17(9-11-18)20(24-12-14-26-15-13-24)16-22-21(25)27-19-6-4-3-5-7-19/h3-11,20H,12-16H2,1-2H3,(H,22,25). The van der Waals surface area contributed by atoms with Crippen molar-refractivity contribution in [2.75, 3.05) is 51.8 Å². The van der Waals surface area contributed by atoms with Crippen LogP contribution in [0.4, 0.5) is 10.5 Å². The van der Waals surface area contributed by atoms with Crippen molar-refractivity contribution in [1.82, 2.24) is 10.2 Å². The summed E-state index contributed by atoms with van der Waals surface area (Å²) < 4.78 is 10.8. The number of nitrogens with zero attached hydrogens (tertiary/aromatic N) is 2.